The van der Waals surface area contributed by atoms with Gasteiger partial charge in [-0.25, -0.2) is 8.42 Å². The average Bonchev–Trinajstić information content (AvgIpc) is 2.82. The van der Waals surface area contributed by atoms with E-state index >= 15 is 0 Å². The SMILES string of the molecule is COC(=O)CNC(=O)C1CCN(c2ccc(S(=O)(=O)N3CCOCC3)cc2[N+](=O)[O-])CC1. The van der Waals surface area contributed by atoms with Gasteiger partial charge in [-0.05, 0) is 25.0 Å². The van der Waals surface area contributed by atoms with Crippen molar-refractivity contribution in [2.45, 2.75) is 17.7 Å². The third-order valence-corrected chi connectivity index (χ3v) is 7.49. The van der Waals surface area contributed by atoms with Crippen LogP contribution in [0.15, 0.2) is 23.1 Å². The van der Waals surface area contributed by atoms with Gasteiger partial charge in [-0.3, -0.25) is 19.7 Å². The van der Waals surface area contributed by atoms with Crippen LogP contribution in [0.2, 0.25) is 0 Å². The Morgan fingerprint density at radius 2 is 1.88 bits per heavy atom. The number of rotatable bonds is 7. The van der Waals surface area contributed by atoms with Gasteiger partial charge in [0.2, 0.25) is 15.9 Å². The molecule has 1 aromatic rings. The fourth-order valence-electron chi connectivity index (χ4n) is 3.77. The molecule has 2 heterocycles. The maximum Gasteiger partial charge on any atom is 0.325 e. The Morgan fingerprint density at radius 1 is 1.22 bits per heavy atom. The lowest BCUT2D eigenvalue weighted by atomic mass is 9.95. The maximum atomic E-state index is 12.9. The maximum absolute atomic E-state index is 12.9. The molecule has 0 radical (unpaired) electrons. The molecule has 2 aliphatic heterocycles. The van der Waals surface area contributed by atoms with Crippen LogP contribution in [0.1, 0.15) is 12.8 Å². The highest BCUT2D eigenvalue weighted by Crippen LogP contribution is 2.34. The molecule has 32 heavy (non-hydrogen) atoms. The Morgan fingerprint density at radius 3 is 2.47 bits per heavy atom. The lowest BCUT2D eigenvalue weighted by Crippen LogP contribution is -2.42. The molecule has 176 valence electrons. The first-order valence-corrected chi connectivity index (χ1v) is 11.6. The zero-order chi connectivity index (χ0) is 23.3. The summed E-state index contributed by atoms with van der Waals surface area (Å²) in [5, 5.41) is 14.2. The summed E-state index contributed by atoms with van der Waals surface area (Å²) in [7, 11) is -2.63. The van der Waals surface area contributed by atoms with Crippen molar-refractivity contribution in [1.82, 2.24) is 9.62 Å². The van der Waals surface area contributed by atoms with E-state index in [-0.39, 0.29) is 55.3 Å². The monoisotopic (exact) mass is 470 g/mol. The van der Waals surface area contributed by atoms with E-state index in [2.05, 4.69) is 10.1 Å². The molecule has 1 N–H and O–H groups in total. The summed E-state index contributed by atoms with van der Waals surface area (Å²) in [5.41, 5.74) is 0.0114. The second-order valence-corrected chi connectivity index (χ2v) is 9.42. The number of esters is 1. The number of anilines is 1. The first-order valence-electron chi connectivity index (χ1n) is 10.2. The second kappa shape index (κ2) is 10.2. The van der Waals surface area contributed by atoms with Gasteiger partial charge >= 0.3 is 5.97 Å². The fourth-order valence-corrected chi connectivity index (χ4v) is 5.20. The number of ether oxygens (including phenoxy) is 2. The summed E-state index contributed by atoms with van der Waals surface area (Å²) >= 11 is 0. The first-order chi connectivity index (χ1) is 15.2. The summed E-state index contributed by atoms with van der Waals surface area (Å²) in [6, 6.07) is 3.92. The van der Waals surface area contributed by atoms with Crippen LogP contribution in [0.25, 0.3) is 0 Å². The van der Waals surface area contributed by atoms with E-state index in [1.165, 1.54) is 23.5 Å². The third kappa shape index (κ3) is 5.34. The van der Waals surface area contributed by atoms with Crippen molar-refractivity contribution in [2.75, 3.05) is 57.9 Å². The van der Waals surface area contributed by atoms with Crippen molar-refractivity contribution < 1.29 is 32.4 Å². The predicted octanol–water partition coefficient (Wildman–Crippen LogP) is 0.121. The predicted molar refractivity (Wildman–Crippen MR) is 113 cm³/mol. The summed E-state index contributed by atoms with van der Waals surface area (Å²) in [6.07, 6.45) is 0.885. The van der Waals surface area contributed by atoms with Gasteiger partial charge in [-0.1, -0.05) is 0 Å². The topological polar surface area (TPSA) is 148 Å². The number of morpholine rings is 1. The minimum absolute atomic E-state index is 0.132. The number of nitro benzene ring substituents is 1. The van der Waals surface area contributed by atoms with E-state index in [0.29, 0.717) is 31.6 Å². The average molecular weight is 471 g/mol. The molecule has 2 saturated heterocycles. The van der Waals surface area contributed by atoms with Crippen LogP contribution in [0.3, 0.4) is 0 Å². The first kappa shape index (κ1) is 23.9. The van der Waals surface area contributed by atoms with Gasteiger partial charge < -0.3 is 19.7 Å². The van der Waals surface area contributed by atoms with Crippen molar-refractivity contribution in [3.8, 4) is 0 Å². The zero-order valence-corrected chi connectivity index (χ0v) is 18.5. The molecule has 0 aromatic heterocycles. The number of piperidine rings is 1. The molecule has 13 heteroatoms. The Hall–Kier alpha value is -2.77. The number of carbonyl (C=O) groups is 2. The van der Waals surface area contributed by atoms with Crippen LogP contribution in [0, 0.1) is 16.0 Å². The van der Waals surface area contributed by atoms with Gasteiger partial charge in [-0.2, -0.15) is 4.31 Å². The lowest BCUT2D eigenvalue weighted by molar-refractivity contribution is -0.384. The summed E-state index contributed by atoms with van der Waals surface area (Å²) in [6.45, 7) is 1.51. The van der Waals surface area contributed by atoms with Crippen molar-refractivity contribution in [1.29, 1.82) is 0 Å². The van der Waals surface area contributed by atoms with Crippen molar-refractivity contribution in [2.24, 2.45) is 5.92 Å². The van der Waals surface area contributed by atoms with Crippen molar-refractivity contribution in [3.63, 3.8) is 0 Å². The Balaban J connectivity index is 1.71. The molecule has 0 bridgehead atoms. The standard InChI is InChI=1S/C19H26N4O8S/c1-30-18(24)13-20-19(25)14-4-6-21(7-5-14)16-3-2-15(12-17(16)23(26)27)32(28,29)22-8-10-31-11-9-22/h2-3,12,14H,4-11,13H2,1H3,(H,20,25). The number of amides is 1. The van der Waals surface area contributed by atoms with Gasteiger partial charge in [0.05, 0.1) is 30.1 Å². The highest BCUT2D eigenvalue weighted by molar-refractivity contribution is 7.89. The van der Waals surface area contributed by atoms with Gasteiger partial charge in [0, 0.05) is 38.2 Å². The summed E-state index contributed by atoms with van der Waals surface area (Å²) < 4.78 is 36.6. The number of sulfonamides is 1. The molecule has 0 spiro atoms. The van der Waals surface area contributed by atoms with Gasteiger partial charge in [0.15, 0.2) is 0 Å². The smallest absolute Gasteiger partial charge is 0.325 e. The quantitative estimate of drug-likeness (QED) is 0.333. The van der Waals surface area contributed by atoms with E-state index in [1.807, 2.05) is 0 Å². The van der Waals surface area contributed by atoms with Crippen LogP contribution < -0.4 is 10.2 Å². The van der Waals surface area contributed by atoms with Gasteiger partial charge in [0.1, 0.15) is 12.2 Å². The van der Waals surface area contributed by atoms with Crippen LogP contribution in [-0.2, 0) is 29.1 Å². The molecular formula is C19H26N4O8S. The number of nitrogens with zero attached hydrogens (tertiary/aromatic N) is 3. The number of benzene rings is 1. The van der Waals surface area contributed by atoms with E-state index in [0.717, 1.165) is 6.07 Å². The van der Waals surface area contributed by atoms with Crippen molar-refractivity contribution in [3.05, 3.63) is 28.3 Å². The van der Waals surface area contributed by atoms with E-state index in [1.54, 1.807) is 4.90 Å². The Kier molecular flexibility index (Phi) is 7.64. The molecule has 0 aliphatic carbocycles. The summed E-state index contributed by atoms with van der Waals surface area (Å²) in [4.78, 5) is 36.1. The molecule has 0 saturated carbocycles. The molecule has 3 rings (SSSR count). The zero-order valence-electron chi connectivity index (χ0n) is 17.7. The van der Waals surface area contributed by atoms with E-state index < -0.39 is 20.9 Å². The fraction of sp³-hybridized carbons (Fsp3) is 0.579. The van der Waals surface area contributed by atoms with Crippen LogP contribution in [-0.4, -0.2) is 82.6 Å². The number of nitro groups is 1. The molecule has 12 nitrogen and oxygen atoms in total. The van der Waals surface area contributed by atoms with E-state index in [9.17, 15) is 28.1 Å². The molecule has 2 aliphatic rings. The number of hydrogen-bond acceptors (Lipinski definition) is 9. The minimum Gasteiger partial charge on any atom is -0.468 e. The lowest BCUT2D eigenvalue weighted by Gasteiger charge is -2.32. The highest BCUT2D eigenvalue weighted by atomic mass is 32.2. The molecule has 1 amide bonds. The minimum atomic E-state index is -3.86. The van der Waals surface area contributed by atoms with Crippen LogP contribution in [0.5, 0.6) is 0 Å². The van der Waals surface area contributed by atoms with Crippen LogP contribution >= 0.6 is 0 Å². The second-order valence-electron chi connectivity index (χ2n) is 7.48. The number of nitrogens with one attached hydrogen (secondary N) is 1. The number of carbonyl (C=O) groups excluding carboxylic acids is 2. The highest BCUT2D eigenvalue weighted by Gasteiger charge is 2.32. The molecule has 2 fully saturated rings. The summed E-state index contributed by atoms with van der Waals surface area (Å²) in [5.74, 6) is -1.13. The van der Waals surface area contributed by atoms with E-state index in [4.69, 9.17) is 4.74 Å². The van der Waals surface area contributed by atoms with Crippen LogP contribution in [0.4, 0.5) is 11.4 Å². The normalized spacial score (nSPS) is 18.2. The Bertz CT molecular complexity index is 970. The van der Waals surface area contributed by atoms with Crippen molar-refractivity contribution >= 4 is 33.3 Å². The molecular weight excluding hydrogens is 444 g/mol. The van der Waals surface area contributed by atoms with Gasteiger partial charge in [-0.15, -0.1) is 0 Å². The largest absolute Gasteiger partial charge is 0.468 e. The Labute approximate surface area is 185 Å². The molecule has 0 unspecified atom stereocenters. The third-order valence-electron chi connectivity index (χ3n) is 5.59. The number of hydrogen-bond donors (Lipinski definition) is 1. The molecule has 0 atom stereocenters. The molecule has 1 aromatic carbocycles. The van der Waals surface area contributed by atoms with Gasteiger partial charge in [0.25, 0.3) is 5.69 Å². The number of methoxy groups -OCH3 is 1.